The smallest absolute Gasteiger partial charge is 0.124 e. The molecule has 23 heavy (non-hydrogen) atoms. The normalized spacial score (nSPS) is 17.0. The average Bonchev–Trinajstić information content (AvgIpc) is 2.56. The summed E-state index contributed by atoms with van der Waals surface area (Å²) in [6, 6.07) is 6.80. The molecule has 0 bridgehead atoms. The van der Waals surface area contributed by atoms with E-state index in [2.05, 4.69) is 15.2 Å². The van der Waals surface area contributed by atoms with Gasteiger partial charge in [0.2, 0.25) is 0 Å². The number of hydrogen-bond acceptors (Lipinski definition) is 4. The summed E-state index contributed by atoms with van der Waals surface area (Å²) in [6.45, 7) is 4.54. The van der Waals surface area contributed by atoms with Crippen molar-refractivity contribution in [2.24, 2.45) is 0 Å². The van der Waals surface area contributed by atoms with Crippen molar-refractivity contribution < 1.29 is 9.50 Å². The lowest BCUT2D eigenvalue weighted by atomic mass is 10.1. The van der Waals surface area contributed by atoms with Gasteiger partial charge in [0.25, 0.3) is 0 Å². The standard InChI is InChI=1S/C18H24FN3O/c19-16-11-14-3-1-7-21-18(14)15(12-16)13-20-6-2-8-22-9-4-17(23)5-10-22/h1,3,7,11-12,17,20,23H,2,4-6,8-10,13H2. The van der Waals surface area contributed by atoms with Gasteiger partial charge in [0.1, 0.15) is 5.82 Å². The number of nitrogens with zero attached hydrogens (tertiary/aromatic N) is 2. The third-order valence-corrected chi connectivity index (χ3v) is 4.45. The summed E-state index contributed by atoms with van der Waals surface area (Å²) in [5, 5.41) is 13.7. The van der Waals surface area contributed by atoms with Gasteiger partial charge < -0.3 is 15.3 Å². The van der Waals surface area contributed by atoms with Crippen LogP contribution in [-0.2, 0) is 6.54 Å². The van der Waals surface area contributed by atoms with E-state index in [1.165, 1.54) is 6.07 Å². The highest BCUT2D eigenvalue weighted by molar-refractivity contribution is 5.81. The number of nitrogens with one attached hydrogen (secondary N) is 1. The Hall–Kier alpha value is -1.56. The van der Waals surface area contributed by atoms with Crippen molar-refractivity contribution in [2.75, 3.05) is 26.2 Å². The number of fused-ring (bicyclic) bond motifs is 1. The molecular weight excluding hydrogens is 293 g/mol. The number of aromatic nitrogens is 1. The molecule has 1 aliphatic heterocycles. The van der Waals surface area contributed by atoms with Crippen LogP contribution in [0.15, 0.2) is 30.5 Å². The zero-order valence-electron chi connectivity index (χ0n) is 13.3. The average molecular weight is 317 g/mol. The Balaban J connectivity index is 1.46. The topological polar surface area (TPSA) is 48.4 Å². The van der Waals surface area contributed by atoms with Crippen molar-refractivity contribution in [1.82, 2.24) is 15.2 Å². The van der Waals surface area contributed by atoms with E-state index in [0.717, 1.165) is 61.9 Å². The van der Waals surface area contributed by atoms with E-state index in [1.807, 2.05) is 12.1 Å². The van der Waals surface area contributed by atoms with Gasteiger partial charge in [-0.15, -0.1) is 0 Å². The van der Waals surface area contributed by atoms with Crippen LogP contribution in [0.25, 0.3) is 10.9 Å². The second-order valence-electron chi connectivity index (χ2n) is 6.24. The fourth-order valence-corrected chi connectivity index (χ4v) is 3.16. The van der Waals surface area contributed by atoms with E-state index in [0.29, 0.717) is 6.54 Å². The van der Waals surface area contributed by atoms with Crippen LogP contribution in [0.5, 0.6) is 0 Å². The molecule has 0 unspecified atom stereocenters. The zero-order valence-corrected chi connectivity index (χ0v) is 13.3. The minimum absolute atomic E-state index is 0.113. The third kappa shape index (κ3) is 4.47. The molecule has 0 aliphatic carbocycles. The number of likely N-dealkylation sites (tertiary alicyclic amines) is 1. The number of pyridine rings is 1. The quantitative estimate of drug-likeness (QED) is 0.803. The molecule has 2 heterocycles. The number of piperidine rings is 1. The van der Waals surface area contributed by atoms with Crippen molar-refractivity contribution >= 4 is 10.9 Å². The van der Waals surface area contributed by atoms with Crippen LogP contribution in [0.1, 0.15) is 24.8 Å². The maximum atomic E-state index is 13.7. The number of rotatable bonds is 6. The van der Waals surface area contributed by atoms with E-state index in [1.54, 1.807) is 12.3 Å². The van der Waals surface area contributed by atoms with Crippen LogP contribution in [0.4, 0.5) is 4.39 Å². The van der Waals surface area contributed by atoms with Gasteiger partial charge in [-0.25, -0.2) is 4.39 Å². The predicted octanol–water partition coefficient (Wildman–Crippen LogP) is 2.31. The summed E-state index contributed by atoms with van der Waals surface area (Å²) in [5.74, 6) is -0.214. The lowest BCUT2D eigenvalue weighted by molar-refractivity contribution is 0.0821. The number of hydrogen-bond donors (Lipinski definition) is 2. The molecule has 1 aromatic heterocycles. The van der Waals surface area contributed by atoms with Crippen molar-refractivity contribution in [1.29, 1.82) is 0 Å². The molecule has 2 N–H and O–H groups in total. The number of aliphatic hydroxyl groups is 1. The first-order chi connectivity index (χ1) is 11.2. The van der Waals surface area contributed by atoms with Crippen molar-refractivity contribution in [3.63, 3.8) is 0 Å². The molecule has 1 saturated heterocycles. The van der Waals surface area contributed by atoms with Gasteiger partial charge in [0.05, 0.1) is 11.6 Å². The first-order valence-corrected chi connectivity index (χ1v) is 8.36. The van der Waals surface area contributed by atoms with Crippen LogP contribution in [-0.4, -0.2) is 47.3 Å². The van der Waals surface area contributed by atoms with Gasteiger partial charge in [0, 0.05) is 31.2 Å². The molecule has 0 radical (unpaired) electrons. The van der Waals surface area contributed by atoms with Gasteiger partial charge in [-0.2, -0.15) is 0 Å². The first-order valence-electron chi connectivity index (χ1n) is 8.36. The van der Waals surface area contributed by atoms with Crippen LogP contribution < -0.4 is 5.32 Å². The highest BCUT2D eigenvalue weighted by Gasteiger charge is 2.15. The van der Waals surface area contributed by atoms with E-state index in [9.17, 15) is 9.50 Å². The van der Waals surface area contributed by atoms with Gasteiger partial charge in [0.15, 0.2) is 0 Å². The van der Waals surface area contributed by atoms with Crippen LogP contribution in [0.2, 0.25) is 0 Å². The molecule has 4 nitrogen and oxygen atoms in total. The Bertz CT molecular complexity index is 641. The Morgan fingerprint density at radius 3 is 2.96 bits per heavy atom. The maximum absolute atomic E-state index is 13.7. The van der Waals surface area contributed by atoms with Crippen LogP contribution in [0.3, 0.4) is 0 Å². The summed E-state index contributed by atoms with van der Waals surface area (Å²) < 4.78 is 13.7. The van der Waals surface area contributed by atoms with Crippen molar-refractivity contribution in [2.45, 2.75) is 31.9 Å². The Morgan fingerprint density at radius 1 is 1.30 bits per heavy atom. The molecule has 0 saturated carbocycles. The largest absolute Gasteiger partial charge is 0.393 e. The van der Waals surface area contributed by atoms with E-state index < -0.39 is 0 Å². The molecule has 124 valence electrons. The van der Waals surface area contributed by atoms with Crippen molar-refractivity contribution in [3.8, 4) is 0 Å². The number of aliphatic hydroxyl groups excluding tert-OH is 1. The SMILES string of the molecule is OC1CCN(CCCNCc2cc(F)cc3cccnc23)CC1. The highest BCUT2D eigenvalue weighted by Crippen LogP contribution is 2.18. The minimum Gasteiger partial charge on any atom is -0.393 e. The first kappa shape index (κ1) is 16.3. The summed E-state index contributed by atoms with van der Waals surface area (Å²) in [7, 11) is 0. The Labute approximate surface area is 136 Å². The van der Waals surface area contributed by atoms with E-state index >= 15 is 0 Å². The second-order valence-corrected chi connectivity index (χ2v) is 6.24. The maximum Gasteiger partial charge on any atom is 0.124 e. The summed E-state index contributed by atoms with van der Waals surface area (Å²) in [4.78, 5) is 6.76. The fourth-order valence-electron chi connectivity index (χ4n) is 3.16. The molecule has 2 aromatic rings. The van der Waals surface area contributed by atoms with Crippen LogP contribution >= 0.6 is 0 Å². The lowest BCUT2D eigenvalue weighted by Crippen LogP contribution is -2.37. The second kappa shape index (κ2) is 7.81. The molecule has 1 aliphatic rings. The van der Waals surface area contributed by atoms with Crippen LogP contribution in [0, 0.1) is 5.82 Å². The Kier molecular flexibility index (Phi) is 5.54. The molecular formula is C18H24FN3O. The minimum atomic E-state index is -0.214. The zero-order chi connectivity index (χ0) is 16.1. The molecule has 5 heteroatoms. The van der Waals surface area contributed by atoms with Crippen molar-refractivity contribution in [3.05, 3.63) is 41.8 Å². The highest BCUT2D eigenvalue weighted by atomic mass is 19.1. The van der Waals surface area contributed by atoms with Gasteiger partial charge in [-0.3, -0.25) is 4.98 Å². The summed E-state index contributed by atoms with van der Waals surface area (Å²) in [6.07, 6.45) is 4.45. The molecule has 1 aromatic carbocycles. The monoisotopic (exact) mass is 317 g/mol. The molecule has 3 rings (SSSR count). The number of halogens is 1. The third-order valence-electron chi connectivity index (χ3n) is 4.45. The van der Waals surface area contributed by atoms with Gasteiger partial charge in [-0.05, 0) is 56.1 Å². The summed E-state index contributed by atoms with van der Waals surface area (Å²) >= 11 is 0. The van der Waals surface area contributed by atoms with E-state index in [-0.39, 0.29) is 11.9 Å². The van der Waals surface area contributed by atoms with E-state index in [4.69, 9.17) is 0 Å². The number of benzene rings is 1. The fraction of sp³-hybridized carbons (Fsp3) is 0.500. The molecule has 0 spiro atoms. The van der Waals surface area contributed by atoms with Gasteiger partial charge in [-0.1, -0.05) is 6.07 Å². The molecule has 0 atom stereocenters. The van der Waals surface area contributed by atoms with Gasteiger partial charge >= 0.3 is 0 Å². The molecule has 0 amide bonds. The Morgan fingerprint density at radius 2 is 2.13 bits per heavy atom. The predicted molar refractivity (Wildman–Crippen MR) is 89.7 cm³/mol. The lowest BCUT2D eigenvalue weighted by Gasteiger charge is -2.29. The molecule has 1 fully saturated rings. The summed E-state index contributed by atoms with van der Waals surface area (Å²) in [5.41, 5.74) is 1.77.